The third kappa shape index (κ3) is 6.27. The lowest BCUT2D eigenvalue weighted by molar-refractivity contribution is -0.136. The summed E-state index contributed by atoms with van der Waals surface area (Å²) in [5.41, 5.74) is 6.08. The molecule has 0 unspecified atom stereocenters. The van der Waals surface area contributed by atoms with Crippen LogP contribution in [0.5, 0.6) is 11.5 Å². The van der Waals surface area contributed by atoms with Gasteiger partial charge in [-0.3, -0.25) is 4.79 Å². The van der Waals surface area contributed by atoms with Gasteiger partial charge in [0, 0.05) is 37.0 Å². The average Bonchev–Trinajstić information content (AvgIpc) is 2.88. The van der Waals surface area contributed by atoms with Crippen molar-refractivity contribution in [3.05, 3.63) is 82.7 Å². The molecule has 0 fully saturated rings. The predicted molar refractivity (Wildman–Crippen MR) is 140 cm³/mol. The lowest BCUT2D eigenvalue weighted by Gasteiger charge is -2.33. The highest BCUT2D eigenvalue weighted by Crippen LogP contribution is 2.33. The number of carbonyl (C=O) groups is 1. The number of carboxylic acids is 1. The Labute approximate surface area is 211 Å². The Morgan fingerprint density at radius 1 is 1.11 bits per heavy atom. The molecule has 0 radical (unpaired) electrons. The highest BCUT2D eigenvalue weighted by molar-refractivity contribution is 5.67. The maximum Gasteiger partial charge on any atom is 0.303 e. The number of anilines is 2. The number of aryl methyl sites for hydroxylation is 2. The number of benzene rings is 3. The summed E-state index contributed by atoms with van der Waals surface area (Å²) in [6.07, 6.45) is 2.26. The van der Waals surface area contributed by atoms with Gasteiger partial charge in [-0.15, -0.1) is 0 Å². The Kier molecular flexibility index (Phi) is 8.31. The second-order valence-corrected chi connectivity index (χ2v) is 9.03. The lowest BCUT2D eigenvalue weighted by Crippen LogP contribution is -2.34. The summed E-state index contributed by atoms with van der Waals surface area (Å²) >= 11 is 0. The number of carboxylic acid groups (broad SMARTS) is 1. The van der Waals surface area contributed by atoms with E-state index in [9.17, 15) is 9.18 Å². The fourth-order valence-corrected chi connectivity index (χ4v) is 4.69. The van der Waals surface area contributed by atoms with Crippen LogP contribution in [0.4, 0.5) is 15.8 Å². The van der Waals surface area contributed by atoms with E-state index in [1.165, 1.54) is 22.9 Å². The molecule has 0 saturated heterocycles. The van der Waals surface area contributed by atoms with Gasteiger partial charge in [0.25, 0.3) is 0 Å². The molecule has 6 nitrogen and oxygen atoms in total. The second-order valence-electron chi connectivity index (χ2n) is 9.03. The first-order valence-electron chi connectivity index (χ1n) is 12.3. The van der Waals surface area contributed by atoms with E-state index in [1.54, 1.807) is 19.2 Å². The minimum Gasteiger partial charge on any atom is -0.497 e. The van der Waals surface area contributed by atoms with Crippen molar-refractivity contribution >= 4 is 17.3 Å². The summed E-state index contributed by atoms with van der Waals surface area (Å²) in [4.78, 5) is 13.2. The molecule has 0 atom stereocenters. The van der Waals surface area contributed by atoms with Gasteiger partial charge in [-0.05, 0) is 72.7 Å². The zero-order valence-corrected chi connectivity index (χ0v) is 20.9. The monoisotopic (exact) mass is 492 g/mol. The van der Waals surface area contributed by atoms with E-state index >= 15 is 0 Å². The Hall–Kier alpha value is -3.74. The van der Waals surface area contributed by atoms with Crippen molar-refractivity contribution in [2.75, 3.05) is 37.0 Å². The summed E-state index contributed by atoms with van der Waals surface area (Å²) in [5, 5.41) is 12.1. The molecule has 4 rings (SSSR count). The maximum absolute atomic E-state index is 14.4. The van der Waals surface area contributed by atoms with Gasteiger partial charge < -0.3 is 24.8 Å². The third-order valence-electron chi connectivity index (χ3n) is 6.63. The van der Waals surface area contributed by atoms with Crippen LogP contribution >= 0.6 is 0 Å². The van der Waals surface area contributed by atoms with Crippen molar-refractivity contribution in [2.24, 2.45) is 0 Å². The van der Waals surface area contributed by atoms with E-state index in [2.05, 4.69) is 29.3 Å². The van der Waals surface area contributed by atoms with Crippen molar-refractivity contribution in [3.8, 4) is 11.5 Å². The number of ether oxygens (including phenoxy) is 2. The van der Waals surface area contributed by atoms with Crippen LogP contribution < -0.4 is 19.7 Å². The molecular weight excluding hydrogens is 459 g/mol. The number of methoxy groups -OCH3 is 1. The van der Waals surface area contributed by atoms with Gasteiger partial charge in [-0.2, -0.15) is 0 Å². The van der Waals surface area contributed by atoms with E-state index < -0.39 is 5.97 Å². The Morgan fingerprint density at radius 3 is 2.69 bits per heavy atom. The molecule has 3 aromatic carbocycles. The average molecular weight is 493 g/mol. The van der Waals surface area contributed by atoms with Gasteiger partial charge >= 0.3 is 5.97 Å². The molecule has 190 valence electrons. The lowest BCUT2D eigenvalue weighted by atomic mass is 9.94. The molecule has 0 bridgehead atoms. The van der Waals surface area contributed by atoms with Crippen molar-refractivity contribution in [1.82, 2.24) is 0 Å². The van der Waals surface area contributed by atoms with E-state index in [0.29, 0.717) is 24.4 Å². The fraction of sp³-hybridized carbons (Fsp3) is 0.345. The van der Waals surface area contributed by atoms with Crippen LogP contribution in [0.3, 0.4) is 0 Å². The molecule has 36 heavy (non-hydrogen) atoms. The number of fused-ring (bicyclic) bond motifs is 1. The standard InChI is InChI=1S/C29H33FN2O4/c1-20-23(19-31-24-12-10-21(27(30)17-24)11-13-28(33)34)9-8-22-5-4-14-32(29(20)22)15-16-36-26-7-3-6-25(18-26)35-2/h3,6-10,12,17-18,31H,4-5,11,13-16,19H2,1-2H3,(H,33,34). The van der Waals surface area contributed by atoms with Crippen molar-refractivity contribution < 1.29 is 23.8 Å². The van der Waals surface area contributed by atoms with Crippen LogP contribution in [0.25, 0.3) is 0 Å². The molecule has 1 heterocycles. The van der Waals surface area contributed by atoms with E-state index in [1.807, 2.05) is 24.3 Å². The van der Waals surface area contributed by atoms with E-state index in [-0.39, 0.29) is 18.7 Å². The van der Waals surface area contributed by atoms with E-state index in [4.69, 9.17) is 14.6 Å². The van der Waals surface area contributed by atoms with Gasteiger partial charge in [0.05, 0.1) is 13.7 Å². The molecule has 3 aromatic rings. The van der Waals surface area contributed by atoms with Crippen molar-refractivity contribution in [1.29, 1.82) is 0 Å². The number of rotatable bonds is 11. The number of nitrogens with zero attached hydrogens (tertiary/aromatic N) is 1. The first-order chi connectivity index (χ1) is 17.4. The number of aliphatic carboxylic acids is 1. The summed E-state index contributed by atoms with van der Waals surface area (Å²) in [7, 11) is 1.65. The van der Waals surface area contributed by atoms with Crippen LogP contribution in [-0.2, 0) is 24.2 Å². The Morgan fingerprint density at radius 2 is 1.92 bits per heavy atom. The van der Waals surface area contributed by atoms with Gasteiger partial charge in [0.2, 0.25) is 0 Å². The van der Waals surface area contributed by atoms with E-state index in [0.717, 1.165) is 43.0 Å². The minimum absolute atomic E-state index is 0.0842. The second kappa shape index (κ2) is 11.8. The summed E-state index contributed by atoms with van der Waals surface area (Å²) in [6, 6.07) is 16.9. The highest BCUT2D eigenvalue weighted by atomic mass is 19.1. The highest BCUT2D eigenvalue weighted by Gasteiger charge is 2.20. The molecular formula is C29H33FN2O4. The zero-order chi connectivity index (χ0) is 25.5. The van der Waals surface area contributed by atoms with Gasteiger partial charge in [-0.1, -0.05) is 24.3 Å². The first-order valence-corrected chi connectivity index (χ1v) is 12.3. The molecule has 0 amide bonds. The molecule has 1 aliphatic heterocycles. The van der Waals surface area contributed by atoms with Gasteiger partial charge in [0.15, 0.2) is 0 Å². The molecule has 0 saturated carbocycles. The van der Waals surface area contributed by atoms with Crippen LogP contribution in [0, 0.1) is 12.7 Å². The molecule has 1 aliphatic rings. The van der Waals surface area contributed by atoms with Crippen LogP contribution in [0.2, 0.25) is 0 Å². The molecule has 7 heteroatoms. The minimum atomic E-state index is -0.930. The van der Waals surface area contributed by atoms with Crippen molar-refractivity contribution in [2.45, 2.75) is 39.2 Å². The number of nitrogens with one attached hydrogen (secondary N) is 1. The van der Waals surface area contributed by atoms with Crippen molar-refractivity contribution in [3.63, 3.8) is 0 Å². The molecule has 0 aromatic heterocycles. The predicted octanol–water partition coefficient (Wildman–Crippen LogP) is 5.60. The largest absolute Gasteiger partial charge is 0.497 e. The number of halogens is 1. The smallest absolute Gasteiger partial charge is 0.303 e. The number of hydrogen-bond donors (Lipinski definition) is 2. The van der Waals surface area contributed by atoms with Crippen LogP contribution in [0.15, 0.2) is 54.6 Å². The third-order valence-corrected chi connectivity index (χ3v) is 6.63. The molecule has 0 spiro atoms. The normalized spacial score (nSPS) is 12.7. The first kappa shape index (κ1) is 25.4. The quantitative estimate of drug-likeness (QED) is 0.363. The molecule has 2 N–H and O–H groups in total. The summed E-state index contributed by atoms with van der Waals surface area (Å²) in [5.74, 6) is 0.257. The SMILES string of the molecule is COc1cccc(OCCN2CCCc3ccc(CNc4ccc(CCC(=O)O)c(F)c4)c(C)c32)c1. The van der Waals surface area contributed by atoms with Crippen LogP contribution in [0.1, 0.15) is 35.1 Å². The number of hydrogen-bond acceptors (Lipinski definition) is 5. The zero-order valence-electron chi connectivity index (χ0n) is 20.9. The molecule has 0 aliphatic carbocycles. The maximum atomic E-state index is 14.4. The Bertz CT molecular complexity index is 1210. The van der Waals surface area contributed by atoms with Gasteiger partial charge in [-0.25, -0.2) is 4.39 Å². The summed E-state index contributed by atoms with van der Waals surface area (Å²) in [6.45, 7) is 5.05. The summed E-state index contributed by atoms with van der Waals surface area (Å²) < 4.78 is 25.7. The van der Waals surface area contributed by atoms with Gasteiger partial charge in [0.1, 0.15) is 23.9 Å². The topological polar surface area (TPSA) is 71.0 Å². The Balaban J connectivity index is 1.40. The fourth-order valence-electron chi connectivity index (χ4n) is 4.69. The van der Waals surface area contributed by atoms with Crippen LogP contribution in [-0.4, -0.2) is 37.9 Å².